The van der Waals surface area contributed by atoms with Gasteiger partial charge in [0.05, 0.1) is 41.5 Å². The van der Waals surface area contributed by atoms with E-state index >= 15 is 0 Å². The van der Waals surface area contributed by atoms with E-state index in [-0.39, 0.29) is 22.5 Å². The molecule has 7 nitrogen and oxygen atoms in total. The van der Waals surface area contributed by atoms with Crippen molar-refractivity contribution in [1.82, 2.24) is 9.97 Å². The molecule has 1 saturated carbocycles. The van der Waals surface area contributed by atoms with Gasteiger partial charge >= 0.3 is 0 Å². The van der Waals surface area contributed by atoms with Crippen molar-refractivity contribution in [2.24, 2.45) is 17.4 Å². The summed E-state index contributed by atoms with van der Waals surface area (Å²) < 4.78 is 20.1. The lowest BCUT2D eigenvalue weighted by molar-refractivity contribution is 0.100. The van der Waals surface area contributed by atoms with Crippen molar-refractivity contribution in [1.29, 1.82) is 0 Å². The monoisotopic (exact) mass is 451 g/mol. The summed E-state index contributed by atoms with van der Waals surface area (Å²) in [6.07, 6.45) is 8.25. The number of primary amides is 1. The van der Waals surface area contributed by atoms with Crippen molar-refractivity contribution >= 4 is 28.2 Å². The first-order valence-corrected chi connectivity index (χ1v) is 11.2. The fraction of sp³-hybridized carbons (Fsp3) is 0.400. The molecule has 1 amide bonds. The number of aromatic nitrogens is 2. The van der Waals surface area contributed by atoms with Gasteiger partial charge in [0.1, 0.15) is 5.82 Å². The zero-order valence-electron chi connectivity index (χ0n) is 19.0. The van der Waals surface area contributed by atoms with Crippen LogP contribution in [0.1, 0.15) is 48.0 Å². The molecule has 3 aromatic rings. The van der Waals surface area contributed by atoms with E-state index in [0.29, 0.717) is 30.7 Å². The summed E-state index contributed by atoms with van der Waals surface area (Å²) in [5, 5.41) is 0.241. The molecule has 174 valence electrons. The molecular weight excluding hydrogens is 421 g/mol. The van der Waals surface area contributed by atoms with Crippen LogP contribution in [0, 0.1) is 11.7 Å². The predicted molar refractivity (Wildman–Crippen MR) is 127 cm³/mol. The molecule has 2 aromatic heterocycles. The van der Waals surface area contributed by atoms with Gasteiger partial charge < -0.3 is 21.1 Å². The third-order valence-corrected chi connectivity index (χ3v) is 6.42. The Kier molecular flexibility index (Phi) is 6.85. The van der Waals surface area contributed by atoms with Crippen LogP contribution in [0.2, 0.25) is 0 Å². The fourth-order valence-corrected chi connectivity index (χ4v) is 4.97. The summed E-state index contributed by atoms with van der Waals surface area (Å²) in [5.41, 5.74) is 15.0. The first kappa shape index (κ1) is 23.1. The van der Waals surface area contributed by atoms with Gasteiger partial charge in [0.25, 0.3) is 5.91 Å². The molecule has 0 saturated heterocycles. The Bertz CT molecular complexity index is 1140. The summed E-state index contributed by atoms with van der Waals surface area (Å²) in [6.45, 7) is 3.21. The lowest BCUT2D eigenvalue weighted by Crippen LogP contribution is -2.32. The number of carbonyl (C=O) groups excluding carboxylic acids is 1. The fourth-order valence-electron chi connectivity index (χ4n) is 4.97. The van der Waals surface area contributed by atoms with Crippen LogP contribution in [0.3, 0.4) is 0 Å². The Morgan fingerprint density at radius 2 is 2.06 bits per heavy atom. The zero-order chi connectivity index (χ0) is 23.5. The number of methoxy groups -OCH3 is 1. The average Bonchev–Trinajstić information content (AvgIpc) is 2.79. The molecule has 3 atom stereocenters. The minimum absolute atomic E-state index is 0.163. The van der Waals surface area contributed by atoms with Crippen LogP contribution in [-0.2, 0) is 4.74 Å². The number of ether oxygens (including phenoxy) is 1. The van der Waals surface area contributed by atoms with E-state index in [1.807, 2.05) is 17.2 Å². The van der Waals surface area contributed by atoms with E-state index in [0.717, 1.165) is 30.5 Å². The SMILES string of the molecule is COCCN(c1cnc2c(C(N)=O)ccc(F)c2c1)c1cnccc1[C@@H]1C[C@H](C)C[C@H](N)C1. The van der Waals surface area contributed by atoms with Crippen LogP contribution in [0.5, 0.6) is 0 Å². The highest BCUT2D eigenvalue weighted by Gasteiger charge is 2.28. The highest BCUT2D eigenvalue weighted by atomic mass is 19.1. The number of hydrogen-bond acceptors (Lipinski definition) is 6. The lowest BCUT2D eigenvalue weighted by atomic mass is 9.76. The molecule has 0 aliphatic heterocycles. The molecule has 0 radical (unpaired) electrons. The summed E-state index contributed by atoms with van der Waals surface area (Å²) in [6, 6.07) is 6.52. The van der Waals surface area contributed by atoms with E-state index < -0.39 is 11.7 Å². The molecule has 0 bridgehead atoms. The molecular formula is C25H30FN5O2. The van der Waals surface area contributed by atoms with Crippen molar-refractivity contribution in [2.75, 3.05) is 25.2 Å². The number of nitrogens with two attached hydrogens (primary N) is 2. The van der Waals surface area contributed by atoms with Gasteiger partial charge in [-0.15, -0.1) is 0 Å². The van der Waals surface area contributed by atoms with E-state index in [2.05, 4.69) is 16.9 Å². The third kappa shape index (κ3) is 4.82. The topological polar surface area (TPSA) is 107 Å². The smallest absolute Gasteiger partial charge is 0.250 e. The molecule has 1 aliphatic carbocycles. The summed E-state index contributed by atoms with van der Waals surface area (Å²) in [5.74, 6) is -0.266. The van der Waals surface area contributed by atoms with Crippen LogP contribution in [0.4, 0.5) is 15.8 Å². The second-order valence-corrected chi connectivity index (χ2v) is 8.90. The number of pyridine rings is 2. The van der Waals surface area contributed by atoms with Crippen molar-refractivity contribution in [3.63, 3.8) is 0 Å². The van der Waals surface area contributed by atoms with E-state index in [1.165, 1.54) is 12.1 Å². The van der Waals surface area contributed by atoms with Gasteiger partial charge in [-0.1, -0.05) is 6.92 Å². The van der Waals surface area contributed by atoms with Gasteiger partial charge in [-0.05, 0) is 60.9 Å². The van der Waals surface area contributed by atoms with Gasteiger partial charge in [0.2, 0.25) is 0 Å². The molecule has 1 fully saturated rings. The Morgan fingerprint density at radius 3 is 2.79 bits per heavy atom. The molecule has 4 N–H and O–H groups in total. The highest BCUT2D eigenvalue weighted by molar-refractivity contribution is 6.05. The number of hydrogen-bond donors (Lipinski definition) is 2. The second-order valence-electron chi connectivity index (χ2n) is 8.90. The van der Waals surface area contributed by atoms with Crippen molar-refractivity contribution in [2.45, 2.75) is 38.1 Å². The average molecular weight is 452 g/mol. The Morgan fingerprint density at radius 1 is 1.24 bits per heavy atom. The minimum Gasteiger partial charge on any atom is -0.383 e. The maximum Gasteiger partial charge on any atom is 0.250 e. The predicted octanol–water partition coefficient (Wildman–Crippen LogP) is 3.88. The Labute approximate surface area is 192 Å². The van der Waals surface area contributed by atoms with Crippen molar-refractivity contribution < 1.29 is 13.9 Å². The number of nitrogens with zero attached hydrogens (tertiary/aromatic N) is 3. The highest BCUT2D eigenvalue weighted by Crippen LogP contribution is 2.41. The number of fused-ring (bicyclic) bond motifs is 1. The first-order chi connectivity index (χ1) is 15.9. The Hall–Kier alpha value is -3.10. The number of rotatable bonds is 7. The number of benzene rings is 1. The molecule has 0 unspecified atom stereocenters. The Balaban J connectivity index is 1.81. The number of amides is 1. The summed E-state index contributed by atoms with van der Waals surface area (Å²) in [4.78, 5) is 22.6. The molecule has 1 aromatic carbocycles. The van der Waals surface area contributed by atoms with E-state index in [9.17, 15) is 9.18 Å². The molecule has 2 heterocycles. The molecule has 1 aliphatic rings. The van der Waals surface area contributed by atoms with Gasteiger partial charge in [-0.25, -0.2) is 4.39 Å². The molecule has 8 heteroatoms. The van der Waals surface area contributed by atoms with Crippen LogP contribution >= 0.6 is 0 Å². The quantitative estimate of drug-likeness (QED) is 0.564. The van der Waals surface area contributed by atoms with Gasteiger partial charge in [0.15, 0.2) is 0 Å². The van der Waals surface area contributed by atoms with Gasteiger partial charge in [-0.3, -0.25) is 14.8 Å². The van der Waals surface area contributed by atoms with Crippen LogP contribution in [0.25, 0.3) is 10.9 Å². The van der Waals surface area contributed by atoms with Gasteiger partial charge in [0, 0.05) is 31.3 Å². The largest absolute Gasteiger partial charge is 0.383 e. The second kappa shape index (κ2) is 9.80. The standard InChI is InChI=1S/C25H30FN5O2/c1-15-9-16(11-17(27)10-15)19-5-6-29-14-23(19)31(7-8-33-2)18-12-21-22(26)4-3-20(25(28)32)24(21)30-13-18/h3-6,12-17H,7-11,27H2,1-2H3,(H2,28,32)/t15-,16+,17-/m0/s1. The maximum absolute atomic E-state index is 14.7. The number of anilines is 2. The van der Waals surface area contributed by atoms with Gasteiger partial charge in [-0.2, -0.15) is 0 Å². The third-order valence-electron chi connectivity index (χ3n) is 6.42. The van der Waals surface area contributed by atoms with E-state index in [1.54, 1.807) is 25.6 Å². The van der Waals surface area contributed by atoms with Crippen LogP contribution in [-0.4, -0.2) is 42.2 Å². The lowest BCUT2D eigenvalue weighted by Gasteiger charge is -2.35. The first-order valence-electron chi connectivity index (χ1n) is 11.2. The number of carbonyl (C=O) groups is 1. The summed E-state index contributed by atoms with van der Waals surface area (Å²) >= 11 is 0. The van der Waals surface area contributed by atoms with Crippen LogP contribution in [0.15, 0.2) is 42.9 Å². The zero-order valence-corrected chi connectivity index (χ0v) is 19.0. The van der Waals surface area contributed by atoms with Crippen molar-refractivity contribution in [3.05, 3.63) is 59.8 Å². The number of halogens is 1. The van der Waals surface area contributed by atoms with E-state index in [4.69, 9.17) is 16.2 Å². The molecule has 33 heavy (non-hydrogen) atoms. The summed E-state index contributed by atoms with van der Waals surface area (Å²) in [7, 11) is 1.64. The van der Waals surface area contributed by atoms with Crippen molar-refractivity contribution in [3.8, 4) is 0 Å². The maximum atomic E-state index is 14.7. The normalized spacial score (nSPS) is 20.7. The molecule has 4 rings (SSSR count). The minimum atomic E-state index is -0.645. The molecule has 0 spiro atoms. The van der Waals surface area contributed by atoms with Crippen LogP contribution < -0.4 is 16.4 Å².